The summed E-state index contributed by atoms with van der Waals surface area (Å²) in [5, 5.41) is 29.9. The van der Waals surface area contributed by atoms with E-state index in [0.717, 1.165) is 0 Å². The van der Waals surface area contributed by atoms with E-state index in [1.165, 1.54) is 24.3 Å². The maximum Gasteiger partial charge on any atom is 0.405 e. The minimum absolute atomic E-state index is 0.0873. The monoisotopic (exact) mass is 226 g/mol. The standard InChI is InChI=1S/C9H10N2O5/c12-5-8(10-9(13)14)6-1-3-7(4-2-6)11(15)16/h1-4,8,10,12H,5H2,(H,13,14). The SMILES string of the molecule is O=C(O)NC(CO)c1ccc([N+](=O)[O-])cc1. The van der Waals surface area contributed by atoms with Crippen LogP contribution in [0.15, 0.2) is 24.3 Å². The zero-order chi connectivity index (χ0) is 12.1. The maximum absolute atomic E-state index is 10.4. The number of aliphatic hydroxyl groups excluding tert-OH is 1. The first-order chi connectivity index (χ1) is 7.54. The van der Waals surface area contributed by atoms with Crippen LogP contribution in [0.5, 0.6) is 0 Å². The lowest BCUT2D eigenvalue weighted by Gasteiger charge is -2.13. The van der Waals surface area contributed by atoms with Crippen molar-refractivity contribution in [3.63, 3.8) is 0 Å². The Balaban J connectivity index is 2.86. The topological polar surface area (TPSA) is 113 Å². The summed E-state index contributed by atoms with van der Waals surface area (Å²) in [5.41, 5.74) is 0.381. The largest absolute Gasteiger partial charge is 0.465 e. The molecular weight excluding hydrogens is 216 g/mol. The molecule has 0 saturated carbocycles. The summed E-state index contributed by atoms with van der Waals surface area (Å²) in [4.78, 5) is 20.2. The number of rotatable bonds is 4. The third kappa shape index (κ3) is 2.92. The first-order valence-electron chi connectivity index (χ1n) is 4.39. The summed E-state index contributed by atoms with van der Waals surface area (Å²) in [6.07, 6.45) is -1.27. The number of nitrogens with one attached hydrogen (secondary N) is 1. The fourth-order valence-electron chi connectivity index (χ4n) is 1.21. The molecule has 7 nitrogen and oxygen atoms in total. The van der Waals surface area contributed by atoms with Crippen molar-refractivity contribution >= 4 is 11.8 Å². The quantitative estimate of drug-likeness (QED) is 0.521. The highest BCUT2D eigenvalue weighted by atomic mass is 16.6. The lowest BCUT2D eigenvalue weighted by atomic mass is 10.1. The molecule has 0 aliphatic rings. The molecule has 7 heteroatoms. The van der Waals surface area contributed by atoms with Gasteiger partial charge in [-0.25, -0.2) is 4.79 Å². The van der Waals surface area contributed by atoms with Crippen LogP contribution in [-0.4, -0.2) is 27.8 Å². The van der Waals surface area contributed by atoms with Crippen molar-refractivity contribution in [2.75, 3.05) is 6.61 Å². The number of nitro benzene ring substituents is 1. The van der Waals surface area contributed by atoms with Gasteiger partial charge in [0.2, 0.25) is 0 Å². The van der Waals surface area contributed by atoms with Gasteiger partial charge in [0.05, 0.1) is 17.6 Å². The molecule has 0 saturated heterocycles. The number of non-ortho nitro benzene ring substituents is 1. The number of hydrogen-bond donors (Lipinski definition) is 3. The Hall–Kier alpha value is -2.15. The van der Waals surface area contributed by atoms with E-state index < -0.39 is 23.7 Å². The van der Waals surface area contributed by atoms with Gasteiger partial charge in [0.25, 0.3) is 5.69 Å². The predicted octanol–water partition coefficient (Wildman–Crippen LogP) is 0.896. The Bertz CT molecular complexity index is 389. The summed E-state index contributed by atoms with van der Waals surface area (Å²) in [6, 6.07) is 4.52. The fourth-order valence-corrected chi connectivity index (χ4v) is 1.21. The van der Waals surface area contributed by atoms with Crippen LogP contribution in [0.2, 0.25) is 0 Å². The predicted molar refractivity (Wildman–Crippen MR) is 54.1 cm³/mol. The molecule has 0 aliphatic heterocycles. The van der Waals surface area contributed by atoms with Crippen molar-refractivity contribution in [3.05, 3.63) is 39.9 Å². The zero-order valence-corrected chi connectivity index (χ0v) is 8.16. The van der Waals surface area contributed by atoms with E-state index in [4.69, 9.17) is 10.2 Å². The van der Waals surface area contributed by atoms with Crippen LogP contribution in [0.4, 0.5) is 10.5 Å². The molecule has 0 fully saturated rings. The third-order valence-electron chi connectivity index (χ3n) is 1.99. The molecule has 0 aromatic heterocycles. The van der Waals surface area contributed by atoms with E-state index in [1.807, 2.05) is 0 Å². The number of carbonyl (C=O) groups is 1. The van der Waals surface area contributed by atoms with E-state index >= 15 is 0 Å². The average Bonchev–Trinajstić information content (AvgIpc) is 2.25. The molecule has 1 rings (SSSR count). The molecule has 1 atom stereocenters. The minimum atomic E-state index is -1.27. The van der Waals surface area contributed by atoms with Crippen LogP contribution in [0.3, 0.4) is 0 Å². The van der Waals surface area contributed by atoms with Crippen LogP contribution in [0.1, 0.15) is 11.6 Å². The molecule has 0 heterocycles. The summed E-state index contributed by atoms with van der Waals surface area (Å²) in [7, 11) is 0. The highest BCUT2D eigenvalue weighted by molar-refractivity contribution is 5.65. The second-order valence-electron chi connectivity index (χ2n) is 3.03. The first-order valence-corrected chi connectivity index (χ1v) is 4.39. The van der Waals surface area contributed by atoms with E-state index in [1.54, 1.807) is 0 Å². The number of aliphatic hydroxyl groups is 1. The van der Waals surface area contributed by atoms with Crippen molar-refractivity contribution in [1.82, 2.24) is 5.32 Å². The van der Waals surface area contributed by atoms with Gasteiger partial charge in [0, 0.05) is 12.1 Å². The molecule has 3 N–H and O–H groups in total. The highest BCUT2D eigenvalue weighted by Gasteiger charge is 2.14. The van der Waals surface area contributed by atoms with Crippen LogP contribution in [0.25, 0.3) is 0 Å². The van der Waals surface area contributed by atoms with Crippen LogP contribution < -0.4 is 5.32 Å². The summed E-state index contributed by atoms with van der Waals surface area (Å²) in [5.74, 6) is 0. The van der Waals surface area contributed by atoms with E-state index in [9.17, 15) is 14.9 Å². The second-order valence-corrected chi connectivity index (χ2v) is 3.03. The summed E-state index contributed by atoms with van der Waals surface area (Å²) < 4.78 is 0. The van der Waals surface area contributed by atoms with Gasteiger partial charge in [-0.3, -0.25) is 10.1 Å². The Morgan fingerprint density at radius 2 is 2.00 bits per heavy atom. The Kier molecular flexibility index (Phi) is 3.78. The molecule has 1 aromatic carbocycles. The molecule has 1 aromatic rings. The van der Waals surface area contributed by atoms with Crippen molar-refractivity contribution in [3.8, 4) is 0 Å². The molecule has 1 amide bonds. The molecular formula is C9H10N2O5. The van der Waals surface area contributed by atoms with Crippen LogP contribution in [0, 0.1) is 10.1 Å². The van der Waals surface area contributed by atoms with Crippen molar-refractivity contribution < 1.29 is 19.9 Å². The zero-order valence-electron chi connectivity index (χ0n) is 8.16. The number of amides is 1. The number of benzene rings is 1. The lowest BCUT2D eigenvalue weighted by molar-refractivity contribution is -0.384. The fraction of sp³-hybridized carbons (Fsp3) is 0.222. The van der Waals surface area contributed by atoms with Gasteiger partial charge >= 0.3 is 6.09 Å². The molecule has 0 radical (unpaired) electrons. The second kappa shape index (κ2) is 5.08. The van der Waals surface area contributed by atoms with Crippen LogP contribution >= 0.6 is 0 Å². The maximum atomic E-state index is 10.4. The number of carboxylic acid groups (broad SMARTS) is 1. The van der Waals surface area contributed by atoms with Crippen molar-refractivity contribution in [2.45, 2.75) is 6.04 Å². The Morgan fingerprint density at radius 3 is 2.38 bits per heavy atom. The van der Waals surface area contributed by atoms with E-state index in [2.05, 4.69) is 5.32 Å². The van der Waals surface area contributed by atoms with Crippen molar-refractivity contribution in [1.29, 1.82) is 0 Å². The van der Waals surface area contributed by atoms with Gasteiger partial charge in [0.1, 0.15) is 0 Å². The van der Waals surface area contributed by atoms with Gasteiger partial charge in [-0.05, 0) is 5.56 Å². The van der Waals surface area contributed by atoms with Gasteiger partial charge in [-0.15, -0.1) is 0 Å². The minimum Gasteiger partial charge on any atom is -0.465 e. The molecule has 0 spiro atoms. The number of nitro groups is 1. The average molecular weight is 226 g/mol. The van der Waals surface area contributed by atoms with Crippen LogP contribution in [-0.2, 0) is 0 Å². The van der Waals surface area contributed by atoms with E-state index in [0.29, 0.717) is 5.56 Å². The third-order valence-corrected chi connectivity index (χ3v) is 1.99. The molecule has 16 heavy (non-hydrogen) atoms. The van der Waals surface area contributed by atoms with Crippen molar-refractivity contribution in [2.24, 2.45) is 0 Å². The number of nitrogens with zero attached hydrogens (tertiary/aromatic N) is 1. The van der Waals surface area contributed by atoms with Gasteiger partial charge in [-0.2, -0.15) is 0 Å². The molecule has 0 bridgehead atoms. The normalized spacial score (nSPS) is 11.8. The van der Waals surface area contributed by atoms with E-state index in [-0.39, 0.29) is 5.69 Å². The summed E-state index contributed by atoms with van der Waals surface area (Å²) in [6.45, 7) is -0.413. The van der Waals surface area contributed by atoms with Gasteiger partial charge in [0.15, 0.2) is 0 Å². The van der Waals surface area contributed by atoms with Gasteiger partial charge in [-0.1, -0.05) is 12.1 Å². The van der Waals surface area contributed by atoms with Gasteiger partial charge < -0.3 is 15.5 Å². The smallest absolute Gasteiger partial charge is 0.405 e. The molecule has 1 unspecified atom stereocenters. The number of hydrogen-bond acceptors (Lipinski definition) is 4. The first kappa shape index (κ1) is 11.9. The summed E-state index contributed by atoms with van der Waals surface area (Å²) >= 11 is 0. The Morgan fingerprint density at radius 1 is 1.44 bits per heavy atom. The highest BCUT2D eigenvalue weighted by Crippen LogP contribution is 2.17. The lowest BCUT2D eigenvalue weighted by Crippen LogP contribution is -2.29. The molecule has 0 aliphatic carbocycles. The molecule has 86 valence electrons. The Labute approximate surface area is 90.5 Å².